The summed E-state index contributed by atoms with van der Waals surface area (Å²) >= 11 is 3.45. The zero-order chi connectivity index (χ0) is 28.4. The van der Waals surface area contributed by atoms with Gasteiger partial charge in [0, 0.05) is 49.8 Å². The monoisotopic (exact) mass is 617 g/mol. The molecule has 1 saturated heterocycles. The van der Waals surface area contributed by atoms with Crippen LogP contribution in [0.3, 0.4) is 0 Å². The lowest BCUT2D eigenvalue weighted by atomic mass is 10.0. The molecule has 1 aromatic heterocycles. The Morgan fingerprint density at radius 2 is 1.67 bits per heavy atom. The third kappa shape index (κ3) is 6.98. The first-order valence-corrected chi connectivity index (χ1v) is 12.4. The van der Waals surface area contributed by atoms with Gasteiger partial charge in [-0.25, -0.2) is 14.8 Å². The number of carbonyl (C=O) groups excluding carboxylic acids is 1. The number of halogens is 7. The molecule has 0 atom stereocenters. The van der Waals surface area contributed by atoms with E-state index >= 15 is 0 Å². The van der Waals surface area contributed by atoms with Gasteiger partial charge >= 0.3 is 18.4 Å². The Morgan fingerprint density at radius 1 is 1.05 bits per heavy atom. The lowest BCUT2D eigenvalue weighted by Crippen LogP contribution is -2.44. The SMILES string of the molecule is CN(Cc1cc(C(F)(F)F)cc(C(F)(F)F)c1)C(=O)Oc1cnc(N2CCNCC2)nc1-c1ccccc1Br. The molecule has 1 N–H and O–H groups in total. The van der Waals surface area contributed by atoms with E-state index in [1.54, 1.807) is 24.3 Å². The lowest BCUT2D eigenvalue weighted by molar-refractivity contribution is -0.143. The number of carbonyl (C=O) groups is 1. The summed E-state index contributed by atoms with van der Waals surface area (Å²) < 4.78 is 85.5. The summed E-state index contributed by atoms with van der Waals surface area (Å²) in [5.41, 5.74) is -2.43. The van der Waals surface area contributed by atoms with Gasteiger partial charge in [0.15, 0.2) is 5.75 Å². The number of piperazine rings is 1. The molecule has 2 aromatic carbocycles. The van der Waals surface area contributed by atoms with Gasteiger partial charge in [0.05, 0.1) is 17.3 Å². The highest BCUT2D eigenvalue weighted by atomic mass is 79.9. The largest absolute Gasteiger partial charge is 0.416 e. The van der Waals surface area contributed by atoms with Crippen molar-refractivity contribution in [1.82, 2.24) is 20.2 Å². The summed E-state index contributed by atoms with van der Waals surface area (Å²) in [6.45, 7) is 2.22. The standard InChI is InChI=1S/C25H22BrF6N5O2/c1-36(14-15-10-16(24(27,28)29)12-17(11-15)25(30,31)32)23(38)39-20-13-34-22(37-8-6-33-7-9-37)35-21(20)18-4-2-3-5-19(18)26/h2-5,10-13,33H,6-9,14H2,1H3. The summed E-state index contributed by atoms with van der Waals surface area (Å²) in [5.74, 6) is 0.386. The van der Waals surface area contributed by atoms with Crippen LogP contribution in [0.1, 0.15) is 16.7 Å². The zero-order valence-corrected chi connectivity index (χ0v) is 22.0. The first kappa shape index (κ1) is 28.6. The number of benzene rings is 2. The van der Waals surface area contributed by atoms with Crippen molar-refractivity contribution < 1.29 is 35.9 Å². The quantitative estimate of drug-likeness (QED) is 0.355. The van der Waals surface area contributed by atoms with Crippen molar-refractivity contribution in [2.45, 2.75) is 18.9 Å². The molecule has 14 heteroatoms. The second-order valence-corrected chi connectivity index (χ2v) is 9.59. The molecule has 0 radical (unpaired) electrons. The molecule has 3 aromatic rings. The molecule has 39 heavy (non-hydrogen) atoms. The summed E-state index contributed by atoms with van der Waals surface area (Å²) in [4.78, 5) is 24.7. The van der Waals surface area contributed by atoms with Crippen molar-refractivity contribution in [3.05, 3.63) is 69.8 Å². The fraction of sp³-hybridized carbons (Fsp3) is 0.320. The first-order chi connectivity index (χ1) is 18.3. The summed E-state index contributed by atoms with van der Waals surface area (Å²) in [6.07, 6.45) is -9.71. The zero-order valence-electron chi connectivity index (χ0n) is 20.4. The molecule has 1 fully saturated rings. The Bertz CT molecular complexity index is 1310. The molecule has 0 spiro atoms. The predicted molar refractivity (Wildman–Crippen MR) is 134 cm³/mol. The Kier molecular flexibility index (Phi) is 8.35. The van der Waals surface area contributed by atoms with Crippen LogP contribution in [0.2, 0.25) is 0 Å². The summed E-state index contributed by atoms with van der Waals surface area (Å²) in [6, 6.07) is 8.23. The number of alkyl halides is 6. The van der Waals surface area contributed by atoms with Gasteiger partial charge in [-0.3, -0.25) is 0 Å². The smallest absolute Gasteiger partial charge is 0.406 e. The van der Waals surface area contributed by atoms with Crippen molar-refractivity contribution in [2.24, 2.45) is 0 Å². The highest BCUT2D eigenvalue weighted by Crippen LogP contribution is 2.37. The van der Waals surface area contributed by atoms with E-state index in [0.717, 1.165) is 18.0 Å². The third-order valence-electron chi connectivity index (χ3n) is 5.85. The maximum absolute atomic E-state index is 13.2. The van der Waals surface area contributed by atoms with Crippen molar-refractivity contribution in [2.75, 3.05) is 38.1 Å². The molecule has 7 nitrogen and oxygen atoms in total. The molecule has 1 aliphatic rings. The normalized spacial score (nSPS) is 14.3. The van der Waals surface area contributed by atoms with Crippen LogP contribution < -0.4 is 15.0 Å². The maximum Gasteiger partial charge on any atom is 0.416 e. The molecule has 1 aliphatic heterocycles. The number of ether oxygens (including phenoxy) is 1. The van der Waals surface area contributed by atoms with Gasteiger partial charge in [-0.05, 0) is 29.8 Å². The van der Waals surface area contributed by atoms with Crippen molar-refractivity contribution >= 4 is 28.0 Å². The van der Waals surface area contributed by atoms with Gasteiger partial charge in [-0.2, -0.15) is 26.3 Å². The van der Waals surface area contributed by atoms with E-state index in [4.69, 9.17) is 4.74 Å². The number of anilines is 1. The third-order valence-corrected chi connectivity index (χ3v) is 6.54. The molecule has 0 saturated carbocycles. The first-order valence-electron chi connectivity index (χ1n) is 11.6. The Labute approximate surface area is 227 Å². The topological polar surface area (TPSA) is 70.6 Å². The van der Waals surface area contributed by atoms with Crippen molar-refractivity contribution in [3.8, 4) is 17.0 Å². The highest BCUT2D eigenvalue weighted by molar-refractivity contribution is 9.10. The number of nitrogens with one attached hydrogen (secondary N) is 1. The summed E-state index contributed by atoms with van der Waals surface area (Å²) in [7, 11) is 1.20. The van der Waals surface area contributed by atoms with Crippen molar-refractivity contribution in [1.29, 1.82) is 0 Å². The molecular formula is C25H22BrF6N5O2. The summed E-state index contributed by atoms with van der Waals surface area (Å²) in [5, 5.41) is 3.23. The molecule has 208 valence electrons. The van der Waals surface area contributed by atoms with Gasteiger partial charge in [0.1, 0.15) is 5.69 Å². The fourth-order valence-electron chi connectivity index (χ4n) is 3.92. The van der Waals surface area contributed by atoms with Crippen LogP contribution in [0.5, 0.6) is 5.75 Å². The Hall–Kier alpha value is -3.39. The molecule has 0 aliphatic carbocycles. The van der Waals surface area contributed by atoms with Gasteiger partial charge in [-0.1, -0.05) is 34.1 Å². The number of amides is 1. The Morgan fingerprint density at radius 3 is 2.26 bits per heavy atom. The average Bonchev–Trinajstić information content (AvgIpc) is 2.88. The Balaban J connectivity index is 1.61. The molecule has 0 unspecified atom stereocenters. The maximum atomic E-state index is 13.2. The predicted octanol–water partition coefficient (Wildman–Crippen LogP) is 5.98. The number of hydrogen-bond acceptors (Lipinski definition) is 6. The van der Waals surface area contributed by atoms with Crippen LogP contribution in [0, 0.1) is 0 Å². The minimum absolute atomic E-state index is 0.0299. The number of aromatic nitrogens is 2. The molecule has 1 amide bonds. The van der Waals surface area contributed by atoms with E-state index < -0.39 is 36.1 Å². The fourth-order valence-corrected chi connectivity index (χ4v) is 4.39. The lowest BCUT2D eigenvalue weighted by Gasteiger charge is -2.28. The van der Waals surface area contributed by atoms with Crippen LogP contribution in [-0.2, 0) is 18.9 Å². The molecule has 4 rings (SSSR count). The van der Waals surface area contributed by atoms with E-state index in [-0.39, 0.29) is 23.1 Å². The van der Waals surface area contributed by atoms with E-state index in [1.807, 2.05) is 4.90 Å². The van der Waals surface area contributed by atoms with Crippen LogP contribution in [0.25, 0.3) is 11.3 Å². The van der Waals surface area contributed by atoms with E-state index in [2.05, 4.69) is 31.2 Å². The second-order valence-electron chi connectivity index (χ2n) is 8.74. The van der Waals surface area contributed by atoms with Crippen molar-refractivity contribution in [3.63, 3.8) is 0 Å². The second kappa shape index (κ2) is 11.4. The van der Waals surface area contributed by atoms with E-state index in [1.165, 1.54) is 13.2 Å². The van der Waals surface area contributed by atoms with Crippen LogP contribution in [0.15, 0.2) is 53.1 Å². The molecular weight excluding hydrogens is 596 g/mol. The average molecular weight is 618 g/mol. The van der Waals surface area contributed by atoms with Crippen LogP contribution in [-0.4, -0.2) is 54.2 Å². The number of rotatable bonds is 5. The number of nitrogens with zero attached hydrogens (tertiary/aromatic N) is 4. The van der Waals surface area contributed by atoms with Gasteiger partial charge in [0.25, 0.3) is 0 Å². The van der Waals surface area contributed by atoms with E-state index in [0.29, 0.717) is 41.2 Å². The minimum atomic E-state index is -5.00. The minimum Gasteiger partial charge on any atom is -0.406 e. The molecule has 2 heterocycles. The van der Waals surface area contributed by atoms with Gasteiger partial charge in [-0.15, -0.1) is 0 Å². The van der Waals surface area contributed by atoms with E-state index in [9.17, 15) is 31.1 Å². The van der Waals surface area contributed by atoms with Crippen LogP contribution in [0.4, 0.5) is 37.1 Å². The highest BCUT2D eigenvalue weighted by Gasteiger charge is 2.37. The van der Waals surface area contributed by atoms with Gasteiger partial charge in [0.2, 0.25) is 5.95 Å². The van der Waals surface area contributed by atoms with Crippen LogP contribution >= 0.6 is 15.9 Å². The van der Waals surface area contributed by atoms with Gasteiger partial charge < -0.3 is 19.9 Å². The molecule has 0 bridgehead atoms. The number of hydrogen-bond donors (Lipinski definition) is 1.